The summed E-state index contributed by atoms with van der Waals surface area (Å²) in [4.78, 5) is 47.7. The van der Waals surface area contributed by atoms with Gasteiger partial charge < -0.3 is 20.3 Å². The fraction of sp³-hybridized carbons (Fsp3) is 0.320. The molecule has 0 unspecified atom stereocenters. The van der Waals surface area contributed by atoms with Crippen molar-refractivity contribution in [2.75, 3.05) is 21.1 Å². The summed E-state index contributed by atoms with van der Waals surface area (Å²) in [6.07, 6.45) is 2.09. The number of nitrogens with one attached hydrogen (secondary N) is 2. The van der Waals surface area contributed by atoms with Gasteiger partial charge >= 0.3 is 0 Å². The van der Waals surface area contributed by atoms with Gasteiger partial charge in [-0.05, 0) is 52.2 Å². The number of rotatable bonds is 7. The Hall–Kier alpha value is -4.12. The number of hydrogen-bond acceptors (Lipinski definition) is 7. The van der Waals surface area contributed by atoms with Gasteiger partial charge in [0.25, 0.3) is 11.5 Å². The molecule has 10 nitrogen and oxygen atoms in total. The second-order valence-electron chi connectivity index (χ2n) is 7.97. The third kappa shape index (κ3) is 8.27. The lowest BCUT2D eigenvalue weighted by molar-refractivity contribution is -0.131. The number of nitrogens with zero attached hydrogens (tertiary/aromatic N) is 4. The molecule has 0 bridgehead atoms. The first kappa shape index (κ1) is 29.9. The average Bonchev–Trinajstić information content (AvgIpc) is 3.30. The monoisotopic (exact) mass is 500 g/mol. The van der Waals surface area contributed by atoms with E-state index in [1.165, 1.54) is 16.8 Å². The molecule has 0 fully saturated rings. The minimum Gasteiger partial charge on any atom is -0.501 e. The van der Waals surface area contributed by atoms with E-state index < -0.39 is 17.2 Å². The molecule has 0 aliphatic heterocycles. The Kier molecular flexibility index (Phi) is 11.9. The zero-order chi connectivity index (χ0) is 27.4. The topological polar surface area (TPSA) is 133 Å². The van der Waals surface area contributed by atoms with Crippen LogP contribution in [0.1, 0.15) is 29.6 Å². The number of hydrogen-bond donors (Lipinski definition) is 3. The second kappa shape index (κ2) is 14.3. The number of aromatic hydroxyl groups is 1. The molecular formula is C25H33FN6O4. The highest BCUT2D eigenvalue weighted by molar-refractivity contribution is 6.23. The van der Waals surface area contributed by atoms with E-state index in [1.54, 1.807) is 26.0 Å². The van der Waals surface area contributed by atoms with Crippen LogP contribution in [0.25, 0.3) is 11.5 Å². The number of aryl methyl sites for hydroxylation is 1. The molecular weight excluding hydrogens is 467 g/mol. The number of aromatic nitrogens is 4. The summed E-state index contributed by atoms with van der Waals surface area (Å²) in [6, 6.07) is 4.77. The van der Waals surface area contributed by atoms with Crippen LogP contribution in [-0.2, 0) is 29.1 Å². The van der Waals surface area contributed by atoms with E-state index >= 15 is 0 Å². The zero-order valence-corrected chi connectivity index (χ0v) is 21.3. The predicted octanol–water partition coefficient (Wildman–Crippen LogP) is 2.19. The van der Waals surface area contributed by atoms with Gasteiger partial charge in [-0.3, -0.25) is 19.0 Å². The van der Waals surface area contributed by atoms with Crippen LogP contribution in [0.3, 0.4) is 0 Å². The molecule has 2 heterocycles. The third-order valence-electron chi connectivity index (χ3n) is 4.54. The van der Waals surface area contributed by atoms with Gasteiger partial charge in [-0.15, -0.1) is 13.2 Å². The Labute approximate surface area is 209 Å². The SMILES string of the molecule is C=C.CCn1c(CNC(=O)C=O)nc(-c2ncc(Cc3ccc(F)c(C)c3)[nH]2)c(O)c1=O.CN(C)C. The fourth-order valence-electron chi connectivity index (χ4n) is 3.03. The summed E-state index contributed by atoms with van der Waals surface area (Å²) in [7, 11) is 6.00. The molecule has 0 saturated carbocycles. The minimum atomic E-state index is -0.851. The van der Waals surface area contributed by atoms with Gasteiger partial charge in [0.05, 0.1) is 6.54 Å². The molecule has 36 heavy (non-hydrogen) atoms. The van der Waals surface area contributed by atoms with Crippen molar-refractivity contribution in [2.24, 2.45) is 0 Å². The quantitative estimate of drug-likeness (QED) is 0.257. The van der Waals surface area contributed by atoms with Crippen molar-refractivity contribution in [3.8, 4) is 17.3 Å². The number of benzene rings is 1. The molecule has 194 valence electrons. The Balaban J connectivity index is 0.000000982. The van der Waals surface area contributed by atoms with E-state index in [4.69, 9.17) is 0 Å². The molecule has 0 radical (unpaired) electrons. The van der Waals surface area contributed by atoms with Crippen molar-refractivity contribution in [3.63, 3.8) is 0 Å². The lowest BCUT2D eigenvalue weighted by Gasteiger charge is -2.12. The third-order valence-corrected chi connectivity index (χ3v) is 4.54. The number of aromatic amines is 1. The molecule has 0 aliphatic carbocycles. The van der Waals surface area contributed by atoms with Crippen LogP contribution < -0.4 is 10.9 Å². The Morgan fingerprint density at radius 2 is 1.94 bits per heavy atom. The van der Waals surface area contributed by atoms with Gasteiger partial charge in [0, 0.05) is 24.9 Å². The van der Waals surface area contributed by atoms with E-state index in [9.17, 15) is 23.9 Å². The van der Waals surface area contributed by atoms with Gasteiger partial charge in [-0.1, -0.05) is 12.1 Å². The second-order valence-corrected chi connectivity index (χ2v) is 7.97. The number of halogens is 1. The average molecular weight is 501 g/mol. The highest BCUT2D eigenvalue weighted by Gasteiger charge is 2.19. The molecule has 2 aromatic heterocycles. The van der Waals surface area contributed by atoms with E-state index in [-0.39, 0.29) is 42.5 Å². The first-order valence-corrected chi connectivity index (χ1v) is 11.0. The van der Waals surface area contributed by atoms with Gasteiger partial charge in [0.15, 0.2) is 11.5 Å². The molecule has 0 spiro atoms. The largest absolute Gasteiger partial charge is 0.501 e. The van der Waals surface area contributed by atoms with Gasteiger partial charge in [-0.25, -0.2) is 14.4 Å². The molecule has 0 atom stereocenters. The maximum atomic E-state index is 13.4. The first-order valence-electron chi connectivity index (χ1n) is 11.0. The van der Waals surface area contributed by atoms with Crippen molar-refractivity contribution >= 4 is 12.2 Å². The van der Waals surface area contributed by atoms with E-state index in [0.717, 1.165) is 5.56 Å². The molecule has 3 rings (SSSR count). The van der Waals surface area contributed by atoms with Gasteiger partial charge in [0.1, 0.15) is 11.6 Å². The maximum Gasteiger partial charge on any atom is 0.296 e. The standard InChI is InChI=1S/C20H20FN5O4.C3H9N.C2H4/c1-3-26-15(9-22-16(28)10-27)25-17(18(29)20(26)30)19-23-8-13(24-19)7-12-4-5-14(21)11(2)6-12;1-4(2)3;1-2/h4-6,8,10,29H,3,7,9H2,1-2H3,(H,22,28)(H,23,24);1-3H3;1-2H2. The van der Waals surface area contributed by atoms with Crippen LogP contribution in [-0.4, -0.2) is 62.9 Å². The van der Waals surface area contributed by atoms with Crippen LogP contribution >= 0.6 is 0 Å². The van der Waals surface area contributed by atoms with E-state index in [1.807, 2.05) is 26.0 Å². The zero-order valence-electron chi connectivity index (χ0n) is 21.3. The number of imidazole rings is 1. The predicted molar refractivity (Wildman–Crippen MR) is 136 cm³/mol. The fourth-order valence-corrected chi connectivity index (χ4v) is 3.03. The summed E-state index contributed by atoms with van der Waals surface area (Å²) >= 11 is 0. The lowest BCUT2D eigenvalue weighted by Crippen LogP contribution is -2.31. The highest BCUT2D eigenvalue weighted by Crippen LogP contribution is 2.22. The number of carbonyl (C=O) groups excluding carboxylic acids is 2. The summed E-state index contributed by atoms with van der Waals surface area (Å²) < 4.78 is 14.6. The molecule has 11 heteroatoms. The van der Waals surface area contributed by atoms with Gasteiger partial charge in [0.2, 0.25) is 12.0 Å². The maximum absolute atomic E-state index is 13.4. The highest BCUT2D eigenvalue weighted by atomic mass is 19.1. The van der Waals surface area contributed by atoms with Gasteiger partial charge in [-0.2, -0.15) is 0 Å². The van der Waals surface area contributed by atoms with E-state index in [2.05, 4.69) is 33.4 Å². The number of H-pyrrole nitrogens is 1. The van der Waals surface area contributed by atoms with E-state index in [0.29, 0.717) is 17.7 Å². The number of amides is 1. The number of carbonyl (C=O) groups is 2. The molecule has 0 saturated heterocycles. The van der Waals surface area contributed by atoms with Crippen molar-refractivity contribution in [2.45, 2.75) is 33.4 Å². The molecule has 1 amide bonds. The number of aldehydes is 1. The van der Waals surface area contributed by atoms with Crippen molar-refractivity contribution in [1.82, 2.24) is 29.7 Å². The summed E-state index contributed by atoms with van der Waals surface area (Å²) in [5.74, 6) is -1.39. The molecule has 1 aromatic carbocycles. The van der Waals surface area contributed by atoms with Crippen LogP contribution in [0.5, 0.6) is 5.75 Å². The van der Waals surface area contributed by atoms with Crippen LogP contribution in [0, 0.1) is 12.7 Å². The lowest BCUT2D eigenvalue weighted by atomic mass is 10.1. The molecule has 0 aliphatic rings. The summed E-state index contributed by atoms with van der Waals surface area (Å²) in [6.45, 7) is 9.39. The molecule has 3 N–H and O–H groups in total. The Morgan fingerprint density at radius 3 is 2.50 bits per heavy atom. The normalized spacial score (nSPS) is 10.1. The van der Waals surface area contributed by atoms with Crippen LogP contribution in [0.15, 0.2) is 42.3 Å². The Bertz CT molecular complexity index is 1230. The van der Waals surface area contributed by atoms with Crippen LogP contribution in [0.4, 0.5) is 4.39 Å². The summed E-state index contributed by atoms with van der Waals surface area (Å²) in [5, 5.41) is 12.7. The summed E-state index contributed by atoms with van der Waals surface area (Å²) in [5.41, 5.74) is 1.30. The van der Waals surface area contributed by atoms with Crippen molar-refractivity contribution < 1.29 is 19.1 Å². The van der Waals surface area contributed by atoms with Crippen LogP contribution in [0.2, 0.25) is 0 Å². The minimum absolute atomic E-state index is 0.0680. The van der Waals surface area contributed by atoms with Crippen molar-refractivity contribution in [3.05, 3.63) is 76.4 Å². The first-order chi connectivity index (χ1) is 17.1. The smallest absolute Gasteiger partial charge is 0.296 e. The molecule has 3 aromatic rings. The Morgan fingerprint density at radius 1 is 1.31 bits per heavy atom. The van der Waals surface area contributed by atoms with Crippen molar-refractivity contribution in [1.29, 1.82) is 0 Å².